The summed E-state index contributed by atoms with van der Waals surface area (Å²) in [7, 11) is -3.29. The lowest BCUT2D eigenvalue weighted by Gasteiger charge is -2.34. The van der Waals surface area contributed by atoms with Crippen LogP contribution in [0.4, 0.5) is 0 Å². The maximum absolute atomic E-state index is 12.4. The number of ether oxygens (including phenoxy) is 1. The van der Waals surface area contributed by atoms with Crippen LogP contribution in [0.15, 0.2) is 0 Å². The van der Waals surface area contributed by atoms with Gasteiger partial charge >= 0.3 is 0 Å². The van der Waals surface area contributed by atoms with Crippen molar-refractivity contribution in [2.75, 3.05) is 56.7 Å². The molecule has 2 heterocycles. The van der Waals surface area contributed by atoms with Gasteiger partial charge in [-0.3, -0.25) is 4.79 Å². The molecule has 1 amide bonds. The Labute approximate surface area is 148 Å². The van der Waals surface area contributed by atoms with Crippen LogP contribution < -0.4 is 11.1 Å². The van der Waals surface area contributed by atoms with E-state index in [0.717, 1.165) is 11.5 Å². The summed E-state index contributed by atoms with van der Waals surface area (Å²) in [6.45, 7) is 2.56. The van der Waals surface area contributed by atoms with Crippen molar-refractivity contribution >= 4 is 40.1 Å². The third-order valence-corrected chi connectivity index (χ3v) is 7.15. The molecule has 0 atom stereocenters. The van der Waals surface area contributed by atoms with Crippen molar-refractivity contribution in [3.05, 3.63) is 0 Å². The van der Waals surface area contributed by atoms with Gasteiger partial charge in [0.15, 0.2) is 0 Å². The normalized spacial score (nSPS) is 22.1. The third kappa shape index (κ3) is 5.47. The molecular weight excluding hydrogens is 362 g/mol. The zero-order valence-corrected chi connectivity index (χ0v) is 15.6. The number of nitrogens with one attached hydrogen (secondary N) is 1. The van der Waals surface area contributed by atoms with Crippen molar-refractivity contribution in [2.24, 2.45) is 11.1 Å². The summed E-state index contributed by atoms with van der Waals surface area (Å²) in [6.07, 6.45) is 1.18. The first-order valence-electron chi connectivity index (χ1n) is 7.62. The Hall–Kier alpha value is -0.0600. The average molecular weight is 388 g/mol. The molecule has 2 saturated heterocycles. The van der Waals surface area contributed by atoms with Crippen molar-refractivity contribution in [3.8, 4) is 0 Å². The van der Waals surface area contributed by atoms with Gasteiger partial charge in [-0.05, 0) is 12.8 Å². The van der Waals surface area contributed by atoms with Crippen LogP contribution in [-0.4, -0.2) is 75.3 Å². The number of nitrogens with zero attached hydrogens (tertiary/aromatic N) is 1. The second kappa shape index (κ2) is 9.43. The van der Waals surface area contributed by atoms with Crippen LogP contribution >= 0.6 is 24.2 Å². The Balaban J connectivity index is 0.00000264. The Morgan fingerprint density at radius 2 is 1.87 bits per heavy atom. The highest BCUT2D eigenvalue weighted by molar-refractivity contribution is 7.99. The van der Waals surface area contributed by atoms with Gasteiger partial charge in [0.1, 0.15) is 0 Å². The molecule has 136 valence electrons. The molecule has 10 heteroatoms. The first kappa shape index (κ1) is 21.0. The molecule has 7 nitrogen and oxygen atoms in total. The Morgan fingerprint density at radius 3 is 2.43 bits per heavy atom. The summed E-state index contributed by atoms with van der Waals surface area (Å²) >= 11 is 1.76. The van der Waals surface area contributed by atoms with Crippen LogP contribution in [0.3, 0.4) is 0 Å². The smallest absolute Gasteiger partial charge is 0.227 e. The summed E-state index contributed by atoms with van der Waals surface area (Å²) in [4.78, 5) is 12.4. The fraction of sp³-hybridized carbons (Fsp3) is 0.923. The molecule has 0 radical (unpaired) electrons. The van der Waals surface area contributed by atoms with Crippen molar-refractivity contribution < 1.29 is 17.9 Å². The number of hydrogen-bond donors (Lipinski definition) is 2. The van der Waals surface area contributed by atoms with Crippen molar-refractivity contribution in [1.82, 2.24) is 9.62 Å². The van der Waals surface area contributed by atoms with Crippen LogP contribution in [0.5, 0.6) is 0 Å². The van der Waals surface area contributed by atoms with E-state index < -0.39 is 15.4 Å². The minimum atomic E-state index is -3.29. The van der Waals surface area contributed by atoms with E-state index >= 15 is 0 Å². The molecule has 2 aliphatic rings. The van der Waals surface area contributed by atoms with Gasteiger partial charge in [-0.15, -0.1) is 12.4 Å². The second-order valence-corrected chi connectivity index (χ2v) is 8.99. The molecule has 2 fully saturated rings. The van der Waals surface area contributed by atoms with E-state index in [1.807, 2.05) is 0 Å². The van der Waals surface area contributed by atoms with Crippen LogP contribution in [0.2, 0.25) is 0 Å². The lowest BCUT2D eigenvalue weighted by Crippen LogP contribution is -2.50. The zero-order chi connectivity index (χ0) is 16.1. The van der Waals surface area contributed by atoms with E-state index in [2.05, 4.69) is 5.32 Å². The average Bonchev–Trinajstić information content (AvgIpc) is 2.56. The SMILES string of the molecule is Cl.NCC1(C(=O)NCCS(=O)(=O)N2CCSCC2)CCOCC1. The number of sulfonamides is 1. The molecule has 0 saturated carbocycles. The van der Waals surface area contributed by atoms with Crippen LogP contribution in [0.1, 0.15) is 12.8 Å². The summed E-state index contributed by atoms with van der Waals surface area (Å²) in [5.74, 6) is 1.47. The molecule has 0 aromatic carbocycles. The number of rotatable bonds is 6. The standard InChI is InChI=1S/C13H25N3O4S2.ClH/c14-11-13(1-6-20-7-2-13)12(17)15-3-10-22(18,19)16-4-8-21-9-5-16;/h1-11,14H2,(H,15,17);1H. The van der Waals surface area contributed by atoms with Crippen molar-refractivity contribution in [2.45, 2.75) is 12.8 Å². The predicted octanol–water partition coefficient (Wildman–Crippen LogP) is -0.341. The Bertz CT molecular complexity index is 478. The number of thioether (sulfide) groups is 1. The van der Waals surface area contributed by atoms with Gasteiger partial charge < -0.3 is 15.8 Å². The molecular formula is C13H26ClN3O4S2. The fourth-order valence-electron chi connectivity index (χ4n) is 2.72. The number of hydrogen-bond acceptors (Lipinski definition) is 6. The highest BCUT2D eigenvalue weighted by Crippen LogP contribution is 2.29. The summed E-state index contributed by atoms with van der Waals surface area (Å²) in [5.41, 5.74) is 5.16. The van der Waals surface area contributed by atoms with Crippen molar-refractivity contribution in [3.63, 3.8) is 0 Å². The fourth-order valence-corrected chi connectivity index (χ4v) is 5.21. The first-order valence-corrected chi connectivity index (χ1v) is 10.4. The Kier molecular flexibility index (Phi) is 8.60. The Morgan fingerprint density at radius 1 is 1.26 bits per heavy atom. The van der Waals surface area contributed by atoms with Gasteiger partial charge in [0.25, 0.3) is 0 Å². The van der Waals surface area contributed by atoms with E-state index in [4.69, 9.17) is 10.5 Å². The summed E-state index contributed by atoms with van der Waals surface area (Å²) < 4.78 is 31.2. The van der Waals surface area contributed by atoms with E-state index in [1.54, 1.807) is 11.8 Å². The highest BCUT2D eigenvalue weighted by atomic mass is 35.5. The maximum Gasteiger partial charge on any atom is 0.227 e. The van der Waals surface area contributed by atoms with E-state index in [1.165, 1.54) is 4.31 Å². The van der Waals surface area contributed by atoms with Gasteiger partial charge in [-0.1, -0.05) is 0 Å². The molecule has 0 unspecified atom stereocenters. The van der Waals surface area contributed by atoms with E-state index in [0.29, 0.717) is 39.1 Å². The van der Waals surface area contributed by atoms with Crippen LogP contribution in [0, 0.1) is 5.41 Å². The topological polar surface area (TPSA) is 102 Å². The molecule has 3 N–H and O–H groups in total. The number of halogens is 1. The second-order valence-electron chi connectivity index (χ2n) is 5.68. The molecule has 2 rings (SSSR count). The monoisotopic (exact) mass is 387 g/mol. The molecule has 0 aromatic rings. The van der Waals surface area contributed by atoms with Gasteiger partial charge in [0, 0.05) is 50.9 Å². The zero-order valence-electron chi connectivity index (χ0n) is 13.2. The van der Waals surface area contributed by atoms with Crippen molar-refractivity contribution in [1.29, 1.82) is 0 Å². The quantitative estimate of drug-likeness (QED) is 0.646. The third-order valence-electron chi connectivity index (χ3n) is 4.33. The van der Waals surface area contributed by atoms with E-state index in [-0.39, 0.29) is 37.2 Å². The minimum Gasteiger partial charge on any atom is -0.381 e. The number of nitrogens with two attached hydrogens (primary N) is 1. The molecule has 0 spiro atoms. The summed E-state index contributed by atoms with van der Waals surface area (Å²) in [6, 6.07) is 0. The molecule has 0 aromatic heterocycles. The van der Waals surface area contributed by atoms with Gasteiger partial charge in [0.2, 0.25) is 15.9 Å². The summed E-state index contributed by atoms with van der Waals surface area (Å²) in [5, 5.41) is 2.75. The highest BCUT2D eigenvalue weighted by Gasteiger charge is 2.38. The molecule has 23 heavy (non-hydrogen) atoms. The van der Waals surface area contributed by atoms with Crippen LogP contribution in [0.25, 0.3) is 0 Å². The first-order chi connectivity index (χ1) is 10.5. The van der Waals surface area contributed by atoms with Crippen LogP contribution in [-0.2, 0) is 19.6 Å². The lowest BCUT2D eigenvalue weighted by molar-refractivity contribution is -0.135. The lowest BCUT2D eigenvalue weighted by atomic mass is 9.79. The maximum atomic E-state index is 12.4. The van der Waals surface area contributed by atoms with Gasteiger partial charge in [-0.2, -0.15) is 11.8 Å². The molecule has 0 bridgehead atoms. The molecule has 2 aliphatic heterocycles. The van der Waals surface area contributed by atoms with E-state index in [9.17, 15) is 13.2 Å². The number of amides is 1. The number of carbonyl (C=O) groups is 1. The largest absolute Gasteiger partial charge is 0.381 e. The molecule has 0 aliphatic carbocycles. The van der Waals surface area contributed by atoms with Gasteiger partial charge in [0.05, 0.1) is 11.2 Å². The predicted molar refractivity (Wildman–Crippen MR) is 94.5 cm³/mol. The minimum absolute atomic E-state index is 0. The van der Waals surface area contributed by atoms with Gasteiger partial charge in [-0.25, -0.2) is 12.7 Å². The number of carbonyl (C=O) groups excluding carboxylic acids is 1.